The van der Waals surface area contributed by atoms with Crippen LogP contribution in [0, 0.1) is 5.92 Å². The Labute approximate surface area is 230 Å². The molecule has 0 aromatic rings. The summed E-state index contributed by atoms with van der Waals surface area (Å²) >= 11 is 0. The van der Waals surface area contributed by atoms with Crippen LogP contribution in [0.4, 0.5) is 0 Å². The van der Waals surface area contributed by atoms with Gasteiger partial charge in [-0.05, 0) is 45.6 Å². The summed E-state index contributed by atoms with van der Waals surface area (Å²) in [5.41, 5.74) is 0.352. The van der Waals surface area contributed by atoms with Crippen molar-refractivity contribution in [2.45, 2.75) is 109 Å². The van der Waals surface area contributed by atoms with Gasteiger partial charge in [0, 0.05) is 19.4 Å². The monoisotopic (exact) mass is 549 g/mol. The van der Waals surface area contributed by atoms with Crippen molar-refractivity contribution < 1.29 is 43.2 Å². The zero-order chi connectivity index (χ0) is 28.7. The summed E-state index contributed by atoms with van der Waals surface area (Å²) in [6.45, 7) is 9.51. The number of hydrogen-bond acceptors (Lipinski definition) is 9. The lowest BCUT2D eigenvalue weighted by Crippen LogP contribution is -2.50. The number of allylic oxidation sites excluding steroid dienone is 2. The highest BCUT2D eigenvalue weighted by Crippen LogP contribution is 2.43. The molecule has 0 aliphatic carbocycles. The Morgan fingerprint density at radius 1 is 1.18 bits per heavy atom. The second kappa shape index (κ2) is 13.7. The summed E-state index contributed by atoms with van der Waals surface area (Å²) in [4.78, 5) is 35.1. The average Bonchev–Trinajstić information content (AvgIpc) is 3.64. The topological polar surface area (TPSA) is 133 Å². The lowest BCUT2D eigenvalue weighted by Gasteiger charge is -2.39. The largest absolute Gasteiger partial charge is 0.469 e. The number of esters is 2. The van der Waals surface area contributed by atoms with Gasteiger partial charge in [0.15, 0.2) is 0 Å². The molecular weight excluding hydrogens is 506 g/mol. The number of nitrogens with one attached hydrogen (secondary N) is 1. The van der Waals surface area contributed by atoms with Crippen LogP contribution in [0.2, 0.25) is 0 Å². The van der Waals surface area contributed by atoms with Gasteiger partial charge in [0.25, 0.3) is 0 Å². The van der Waals surface area contributed by atoms with E-state index in [2.05, 4.69) is 18.3 Å². The first-order valence-electron chi connectivity index (χ1n) is 13.6. The van der Waals surface area contributed by atoms with Gasteiger partial charge in [-0.2, -0.15) is 0 Å². The Kier molecular flexibility index (Phi) is 10.9. The van der Waals surface area contributed by atoms with Gasteiger partial charge in [-0.3, -0.25) is 14.4 Å². The molecule has 3 heterocycles. The molecular formula is C29H43NO9. The summed E-state index contributed by atoms with van der Waals surface area (Å²) in [5, 5.41) is 13.7. The third-order valence-electron chi connectivity index (χ3n) is 7.55. The zero-order valence-electron chi connectivity index (χ0n) is 23.8. The van der Waals surface area contributed by atoms with E-state index in [1.807, 2.05) is 26.0 Å². The van der Waals surface area contributed by atoms with Crippen LogP contribution in [0.5, 0.6) is 0 Å². The van der Waals surface area contributed by atoms with Crippen molar-refractivity contribution in [1.29, 1.82) is 0 Å². The average molecular weight is 550 g/mol. The molecule has 218 valence electrons. The van der Waals surface area contributed by atoms with E-state index in [0.29, 0.717) is 19.4 Å². The summed E-state index contributed by atoms with van der Waals surface area (Å²) in [6, 6.07) is -0.123. The van der Waals surface area contributed by atoms with E-state index in [4.69, 9.17) is 23.7 Å². The molecule has 10 heteroatoms. The number of aliphatic hydroxyl groups excluding tert-OH is 1. The maximum absolute atomic E-state index is 12.3. The van der Waals surface area contributed by atoms with Crippen LogP contribution in [0.1, 0.15) is 60.3 Å². The Hall–Kier alpha value is -2.53. The molecule has 9 atom stereocenters. The van der Waals surface area contributed by atoms with Crippen LogP contribution in [-0.4, -0.2) is 84.9 Å². The highest BCUT2D eigenvalue weighted by molar-refractivity contribution is 5.87. The van der Waals surface area contributed by atoms with Crippen LogP contribution >= 0.6 is 0 Å². The van der Waals surface area contributed by atoms with Crippen LogP contribution in [0.25, 0.3) is 0 Å². The first kappa shape index (κ1) is 31.0. The third kappa shape index (κ3) is 8.99. The number of aliphatic hydroxyl groups is 1. The number of ether oxygens (including phenoxy) is 5. The first-order chi connectivity index (χ1) is 18.4. The second-order valence-electron chi connectivity index (χ2n) is 10.9. The Bertz CT molecular complexity index is 970. The molecule has 0 unspecified atom stereocenters. The fourth-order valence-corrected chi connectivity index (χ4v) is 5.16. The zero-order valence-corrected chi connectivity index (χ0v) is 23.8. The molecule has 0 aromatic carbocycles. The first-order valence-corrected chi connectivity index (χ1v) is 13.6. The van der Waals surface area contributed by atoms with Crippen molar-refractivity contribution >= 4 is 17.8 Å². The number of epoxide rings is 1. The summed E-state index contributed by atoms with van der Waals surface area (Å²) in [5.74, 6) is -0.779. The fourth-order valence-electron chi connectivity index (χ4n) is 5.16. The Balaban J connectivity index is 1.50. The van der Waals surface area contributed by atoms with Gasteiger partial charge < -0.3 is 34.1 Å². The lowest BCUT2D eigenvalue weighted by molar-refractivity contribution is -0.157. The second-order valence-corrected chi connectivity index (χ2v) is 10.9. The third-order valence-corrected chi connectivity index (χ3v) is 7.55. The maximum Gasteiger partial charge on any atom is 0.308 e. The minimum atomic E-state index is -0.801. The van der Waals surface area contributed by atoms with Gasteiger partial charge in [0.1, 0.15) is 23.9 Å². The van der Waals surface area contributed by atoms with Gasteiger partial charge >= 0.3 is 11.9 Å². The van der Waals surface area contributed by atoms with Crippen molar-refractivity contribution in [3.63, 3.8) is 0 Å². The number of carbonyl (C=O) groups excluding carboxylic acids is 3. The molecule has 3 aliphatic rings. The van der Waals surface area contributed by atoms with E-state index in [9.17, 15) is 19.5 Å². The molecule has 2 N–H and O–H groups in total. The number of carbonyl (C=O) groups is 3. The molecule has 39 heavy (non-hydrogen) atoms. The summed E-state index contributed by atoms with van der Waals surface area (Å²) in [7, 11) is 1.34. The van der Waals surface area contributed by atoms with Crippen molar-refractivity contribution in [1.82, 2.24) is 5.32 Å². The van der Waals surface area contributed by atoms with Gasteiger partial charge in [-0.1, -0.05) is 30.7 Å². The molecule has 0 saturated carbocycles. The summed E-state index contributed by atoms with van der Waals surface area (Å²) in [6.07, 6.45) is 8.42. The number of hydrogen-bond donors (Lipinski definition) is 2. The number of methoxy groups -OCH3 is 1. The highest BCUT2D eigenvalue weighted by atomic mass is 16.6. The van der Waals surface area contributed by atoms with Gasteiger partial charge in [-0.25, -0.2) is 0 Å². The molecule has 0 radical (unpaired) electrons. The molecule has 1 amide bonds. The van der Waals surface area contributed by atoms with E-state index >= 15 is 0 Å². The molecule has 3 rings (SSSR count). The quantitative estimate of drug-likeness (QED) is 0.183. The van der Waals surface area contributed by atoms with E-state index in [1.165, 1.54) is 20.1 Å². The van der Waals surface area contributed by atoms with Crippen molar-refractivity contribution in [3.05, 3.63) is 36.0 Å². The predicted octanol–water partition coefficient (Wildman–Crippen LogP) is 2.54. The van der Waals surface area contributed by atoms with E-state index in [1.54, 1.807) is 13.0 Å². The Morgan fingerprint density at radius 3 is 2.54 bits per heavy atom. The van der Waals surface area contributed by atoms with E-state index in [-0.39, 0.29) is 48.6 Å². The van der Waals surface area contributed by atoms with Crippen molar-refractivity contribution in [3.8, 4) is 0 Å². The maximum atomic E-state index is 12.3. The highest BCUT2D eigenvalue weighted by Gasteiger charge is 2.58. The van der Waals surface area contributed by atoms with Crippen LogP contribution in [0.15, 0.2) is 36.0 Å². The minimum Gasteiger partial charge on any atom is -0.469 e. The van der Waals surface area contributed by atoms with Crippen LogP contribution in [0.3, 0.4) is 0 Å². The molecule has 10 nitrogen and oxygen atoms in total. The van der Waals surface area contributed by atoms with Gasteiger partial charge in [0.05, 0.1) is 44.5 Å². The van der Waals surface area contributed by atoms with E-state index < -0.39 is 29.9 Å². The molecule has 0 bridgehead atoms. The van der Waals surface area contributed by atoms with Crippen molar-refractivity contribution in [2.24, 2.45) is 5.92 Å². The minimum absolute atomic E-state index is 0.000115. The van der Waals surface area contributed by atoms with Gasteiger partial charge in [0.2, 0.25) is 5.91 Å². The van der Waals surface area contributed by atoms with Crippen molar-refractivity contribution in [2.75, 3.05) is 13.7 Å². The van der Waals surface area contributed by atoms with E-state index in [0.717, 1.165) is 12.0 Å². The predicted molar refractivity (Wildman–Crippen MR) is 143 cm³/mol. The van der Waals surface area contributed by atoms with Gasteiger partial charge in [-0.15, -0.1) is 0 Å². The standard InChI is InChI=1S/C29H43NO9/c1-17(8-11-25-28(34)29(16-36-29)15-22(39-25)14-27(33)35-6)7-10-24-18(2)13-23(20(4)38-24)30-26(32)12-9-19(3)37-21(5)31/h7-9,11-12,18-20,22-25,28,34H,10,13-16H2,1-6H3,(H,30,32)/b11-8+,12-9-,17-7+/t18-,19-,20+,22+,23+,24-,25+,28+,29+/m0/s1. The molecule has 3 aliphatic heterocycles. The summed E-state index contributed by atoms with van der Waals surface area (Å²) < 4.78 is 27.5. The number of amides is 1. The molecule has 1 spiro atoms. The molecule has 0 aromatic heterocycles. The Morgan fingerprint density at radius 2 is 1.90 bits per heavy atom. The molecule has 3 saturated heterocycles. The smallest absolute Gasteiger partial charge is 0.308 e. The van der Waals surface area contributed by atoms with Crippen LogP contribution < -0.4 is 5.32 Å². The SMILES string of the molecule is COC(=O)C[C@@H]1C[C@@]2(CO2)[C@H](O)[C@@H](/C=C/C(C)=C/C[C@@H]2O[C@H](C)[C@H](NC(=O)/C=C\[C@H](C)OC(C)=O)C[C@@H]2C)O1. The number of rotatable bonds is 10. The molecule has 3 fully saturated rings. The lowest BCUT2D eigenvalue weighted by atomic mass is 9.87. The fraction of sp³-hybridized carbons (Fsp3) is 0.690. The van der Waals surface area contributed by atoms with Crippen LogP contribution in [-0.2, 0) is 38.1 Å². The normalized spacial score (nSPS) is 35.7.